The molecule has 1 saturated carbocycles. The molecule has 0 saturated heterocycles. The average molecular weight is 282 g/mol. The van der Waals surface area contributed by atoms with Gasteiger partial charge in [-0.05, 0) is 29.7 Å². The number of ether oxygens (including phenoxy) is 1. The van der Waals surface area contributed by atoms with Crippen molar-refractivity contribution in [2.75, 3.05) is 0 Å². The summed E-state index contributed by atoms with van der Waals surface area (Å²) >= 11 is 0. The van der Waals surface area contributed by atoms with E-state index in [1.54, 1.807) is 6.07 Å². The first-order valence-corrected chi connectivity index (χ1v) is 7.48. The van der Waals surface area contributed by atoms with Crippen LogP contribution in [0.25, 0.3) is 10.8 Å². The maximum atomic E-state index is 12.2. The predicted octanol–water partition coefficient (Wildman–Crippen LogP) is 4.14. The fourth-order valence-electron chi connectivity index (χ4n) is 3.02. The van der Waals surface area contributed by atoms with E-state index in [0.29, 0.717) is 11.3 Å². The fourth-order valence-corrected chi connectivity index (χ4v) is 3.02. The molecule has 0 aliphatic heterocycles. The van der Waals surface area contributed by atoms with Gasteiger partial charge >= 0.3 is 5.97 Å². The van der Waals surface area contributed by atoms with E-state index in [1.807, 2.05) is 30.3 Å². The van der Waals surface area contributed by atoms with Gasteiger partial charge < -0.3 is 4.74 Å². The van der Waals surface area contributed by atoms with Crippen molar-refractivity contribution in [2.45, 2.75) is 32.1 Å². The molecule has 0 heterocycles. The van der Waals surface area contributed by atoms with Gasteiger partial charge in [-0.15, -0.1) is 0 Å². The lowest BCUT2D eigenvalue weighted by Crippen LogP contribution is -2.23. The molecule has 1 aliphatic carbocycles. The summed E-state index contributed by atoms with van der Waals surface area (Å²) in [6.45, 7) is 0. The van der Waals surface area contributed by atoms with Gasteiger partial charge in [0.1, 0.15) is 5.75 Å². The minimum absolute atomic E-state index is 0.0234. The maximum absolute atomic E-state index is 12.2. The molecular weight excluding hydrogens is 264 g/mol. The fraction of sp³-hybridized carbons (Fsp3) is 0.333. The molecule has 0 amide bonds. The lowest BCUT2D eigenvalue weighted by Gasteiger charge is -2.20. The molecule has 2 aromatic rings. The third-order valence-electron chi connectivity index (χ3n) is 4.20. The topological polar surface area (TPSA) is 43.4 Å². The van der Waals surface area contributed by atoms with Crippen LogP contribution in [0.3, 0.4) is 0 Å². The zero-order valence-electron chi connectivity index (χ0n) is 11.9. The molecule has 2 aromatic carbocycles. The normalized spacial score (nSPS) is 15.8. The van der Waals surface area contributed by atoms with E-state index < -0.39 is 0 Å². The van der Waals surface area contributed by atoms with Gasteiger partial charge in [-0.3, -0.25) is 9.59 Å². The Hall–Kier alpha value is -2.16. The van der Waals surface area contributed by atoms with E-state index in [1.165, 1.54) is 6.42 Å². The monoisotopic (exact) mass is 282 g/mol. The number of esters is 1. The summed E-state index contributed by atoms with van der Waals surface area (Å²) in [6.07, 6.45) is 5.91. The van der Waals surface area contributed by atoms with Crippen molar-refractivity contribution in [1.82, 2.24) is 0 Å². The van der Waals surface area contributed by atoms with E-state index in [4.69, 9.17) is 4.74 Å². The highest BCUT2D eigenvalue weighted by atomic mass is 16.5. The first-order valence-electron chi connectivity index (χ1n) is 7.48. The summed E-state index contributed by atoms with van der Waals surface area (Å²) in [5.41, 5.74) is 0.456. The summed E-state index contributed by atoms with van der Waals surface area (Å²) in [5, 5.41) is 1.79. The van der Waals surface area contributed by atoms with E-state index in [0.717, 1.165) is 42.7 Å². The van der Waals surface area contributed by atoms with E-state index >= 15 is 0 Å². The lowest BCUT2D eigenvalue weighted by atomic mass is 9.89. The van der Waals surface area contributed by atoms with Crippen molar-refractivity contribution in [2.24, 2.45) is 5.92 Å². The molecule has 1 fully saturated rings. The van der Waals surface area contributed by atoms with Crippen molar-refractivity contribution < 1.29 is 14.3 Å². The molecule has 108 valence electrons. The molecule has 0 unspecified atom stereocenters. The van der Waals surface area contributed by atoms with Crippen molar-refractivity contribution in [3.8, 4) is 5.75 Å². The average Bonchev–Trinajstić information content (AvgIpc) is 2.55. The highest BCUT2D eigenvalue weighted by molar-refractivity contribution is 6.01. The van der Waals surface area contributed by atoms with Gasteiger partial charge in [0.25, 0.3) is 0 Å². The van der Waals surface area contributed by atoms with Crippen LogP contribution in [0.4, 0.5) is 0 Å². The van der Waals surface area contributed by atoms with Crippen LogP contribution >= 0.6 is 0 Å². The maximum Gasteiger partial charge on any atom is 0.314 e. The number of benzene rings is 2. The Morgan fingerprint density at radius 2 is 1.81 bits per heavy atom. The highest BCUT2D eigenvalue weighted by Gasteiger charge is 2.24. The number of aldehydes is 1. The van der Waals surface area contributed by atoms with Crippen LogP contribution in [0.5, 0.6) is 5.75 Å². The van der Waals surface area contributed by atoms with Crippen LogP contribution in [0.15, 0.2) is 36.4 Å². The van der Waals surface area contributed by atoms with Crippen LogP contribution in [-0.2, 0) is 4.79 Å². The van der Waals surface area contributed by atoms with Gasteiger partial charge in [0.15, 0.2) is 6.29 Å². The Balaban J connectivity index is 1.89. The van der Waals surface area contributed by atoms with E-state index in [-0.39, 0.29) is 11.9 Å². The molecule has 0 N–H and O–H groups in total. The molecule has 3 heteroatoms. The van der Waals surface area contributed by atoms with Gasteiger partial charge in [0, 0.05) is 0 Å². The predicted molar refractivity (Wildman–Crippen MR) is 81.5 cm³/mol. The Labute approximate surface area is 123 Å². The molecule has 0 spiro atoms. The zero-order valence-corrected chi connectivity index (χ0v) is 11.9. The number of hydrogen-bond donors (Lipinski definition) is 0. The summed E-state index contributed by atoms with van der Waals surface area (Å²) in [5.74, 6) is 0.150. The van der Waals surface area contributed by atoms with Crippen LogP contribution in [-0.4, -0.2) is 12.3 Å². The first kappa shape index (κ1) is 13.8. The van der Waals surface area contributed by atoms with Gasteiger partial charge in [0.05, 0.1) is 11.5 Å². The van der Waals surface area contributed by atoms with Crippen molar-refractivity contribution >= 4 is 23.0 Å². The van der Waals surface area contributed by atoms with Crippen molar-refractivity contribution in [1.29, 1.82) is 0 Å². The van der Waals surface area contributed by atoms with Gasteiger partial charge in [0.2, 0.25) is 0 Å². The highest BCUT2D eigenvalue weighted by Crippen LogP contribution is 2.29. The number of rotatable bonds is 3. The number of carbonyl (C=O) groups excluding carboxylic acids is 2. The number of hydrogen-bond acceptors (Lipinski definition) is 3. The molecular formula is C18H18O3. The zero-order chi connectivity index (χ0) is 14.7. The van der Waals surface area contributed by atoms with Crippen LogP contribution in [0, 0.1) is 5.92 Å². The molecule has 0 radical (unpaired) electrons. The third-order valence-corrected chi connectivity index (χ3v) is 4.20. The summed E-state index contributed by atoms with van der Waals surface area (Å²) in [4.78, 5) is 23.6. The molecule has 3 nitrogen and oxygen atoms in total. The van der Waals surface area contributed by atoms with Crippen molar-refractivity contribution in [3.63, 3.8) is 0 Å². The Morgan fingerprint density at radius 3 is 2.57 bits per heavy atom. The summed E-state index contributed by atoms with van der Waals surface area (Å²) < 4.78 is 5.51. The van der Waals surface area contributed by atoms with E-state index in [9.17, 15) is 9.59 Å². The van der Waals surface area contributed by atoms with Gasteiger partial charge in [-0.1, -0.05) is 49.6 Å². The Bertz CT molecular complexity index is 669. The quantitative estimate of drug-likeness (QED) is 0.483. The standard InChI is InChI=1S/C18H18O3/c19-12-16-15-9-5-4-6-13(15)10-11-17(16)21-18(20)14-7-2-1-3-8-14/h4-6,9-12,14H,1-3,7-8H2. The third kappa shape index (κ3) is 2.82. The summed E-state index contributed by atoms with van der Waals surface area (Å²) in [6, 6.07) is 11.2. The van der Waals surface area contributed by atoms with Crippen molar-refractivity contribution in [3.05, 3.63) is 42.0 Å². The Morgan fingerprint density at radius 1 is 1.05 bits per heavy atom. The molecule has 3 rings (SSSR count). The largest absolute Gasteiger partial charge is 0.426 e. The minimum atomic E-state index is -0.201. The minimum Gasteiger partial charge on any atom is -0.426 e. The van der Waals surface area contributed by atoms with Crippen LogP contribution in [0.1, 0.15) is 42.5 Å². The Kier molecular flexibility index (Phi) is 4.00. The molecule has 0 aromatic heterocycles. The second-order valence-corrected chi connectivity index (χ2v) is 5.57. The second kappa shape index (κ2) is 6.08. The lowest BCUT2D eigenvalue weighted by molar-refractivity contribution is -0.139. The summed E-state index contributed by atoms with van der Waals surface area (Å²) in [7, 11) is 0. The molecule has 0 bridgehead atoms. The van der Waals surface area contributed by atoms with Gasteiger partial charge in [-0.25, -0.2) is 0 Å². The second-order valence-electron chi connectivity index (χ2n) is 5.57. The molecule has 0 atom stereocenters. The number of carbonyl (C=O) groups is 2. The SMILES string of the molecule is O=Cc1c(OC(=O)C2CCCCC2)ccc2ccccc12. The molecule has 21 heavy (non-hydrogen) atoms. The first-order chi connectivity index (χ1) is 10.3. The van der Waals surface area contributed by atoms with Gasteiger partial charge in [-0.2, -0.15) is 0 Å². The van der Waals surface area contributed by atoms with Crippen LogP contribution in [0.2, 0.25) is 0 Å². The molecule has 1 aliphatic rings. The number of fused-ring (bicyclic) bond motifs is 1. The van der Waals surface area contributed by atoms with E-state index in [2.05, 4.69) is 0 Å². The van der Waals surface area contributed by atoms with Crippen LogP contribution < -0.4 is 4.74 Å². The smallest absolute Gasteiger partial charge is 0.314 e.